The topological polar surface area (TPSA) is 75.5 Å². The Bertz CT molecular complexity index is 405. The minimum absolute atomic E-state index is 0.00280. The van der Waals surface area contributed by atoms with Crippen LogP contribution in [0.1, 0.15) is 16.1 Å². The Hall–Kier alpha value is -1.47. The number of hydrogen-bond acceptors (Lipinski definition) is 5. The van der Waals surface area contributed by atoms with Crippen molar-refractivity contribution < 1.29 is 9.72 Å². The minimum atomic E-state index is -0.484. The molecule has 0 fully saturated rings. The van der Waals surface area contributed by atoms with E-state index >= 15 is 0 Å². The Morgan fingerprint density at radius 3 is 2.82 bits per heavy atom. The number of amides is 1. The maximum absolute atomic E-state index is 11.9. The number of carbonyl (C=O) groups is 1. The lowest BCUT2D eigenvalue weighted by atomic mass is 10.3. The van der Waals surface area contributed by atoms with Gasteiger partial charge in [0.1, 0.15) is 0 Å². The van der Waals surface area contributed by atoms with Crippen molar-refractivity contribution in [3.63, 3.8) is 0 Å². The fourth-order valence-electron chi connectivity index (χ4n) is 1.32. The summed E-state index contributed by atoms with van der Waals surface area (Å²) in [5.74, 6) is -0.167. The van der Waals surface area contributed by atoms with Crippen LogP contribution in [0, 0.1) is 10.1 Å². The van der Waals surface area contributed by atoms with Crippen molar-refractivity contribution in [2.45, 2.75) is 6.42 Å². The number of nitro groups is 1. The monoisotopic (exact) mass is 257 g/mol. The first-order chi connectivity index (χ1) is 8.06. The molecule has 0 bridgehead atoms. The highest BCUT2D eigenvalue weighted by molar-refractivity contribution is 7.17. The zero-order chi connectivity index (χ0) is 12.8. The summed E-state index contributed by atoms with van der Waals surface area (Å²) in [6.07, 6.45) is 0.853. The van der Waals surface area contributed by atoms with E-state index in [4.69, 9.17) is 0 Å². The lowest BCUT2D eigenvalue weighted by molar-refractivity contribution is -0.380. The van der Waals surface area contributed by atoms with E-state index in [1.54, 1.807) is 11.9 Å². The van der Waals surface area contributed by atoms with Crippen LogP contribution in [-0.2, 0) is 0 Å². The molecule has 0 saturated carbocycles. The molecule has 0 aromatic carbocycles. The minimum Gasteiger partial charge on any atom is -0.341 e. The molecule has 1 aromatic heterocycles. The fraction of sp³-hybridized carbons (Fsp3) is 0.500. The molecule has 0 unspecified atom stereocenters. The largest absolute Gasteiger partial charge is 0.341 e. The van der Waals surface area contributed by atoms with Gasteiger partial charge in [0.2, 0.25) is 0 Å². The van der Waals surface area contributed by atoms with Crippen molar-refractivity contribution in [1.82, 2.24) is 10.2 Å². The molecule has 1 rings (SSSR count). The van der Waals surface area contributed by atoms with Gasteiger partial charge in [-0.15, -0.1) is 0 Å². The summed E-state index contributed by atoms with van der Waals surface area (Å²) < 4.78 is 0. The van der Waals surface area contributed by atoms with Crippen molar-refractivity contribution in [2.75, 3.05) is 27.2 Å². The molecule has 0 aliphatic carbocycles. The van der Waals surface area contributed by atoms with E-state index in [9.17, 15) is 14.9 Å². The van der Waals surface area contributed by atoms with Crippen LogP contribution in [0.15, 0.2) is 12.1 Å². The summed E-state index contributed by atoms with van der Waals surface area (Å²) >= 11 is 0.911. The molecule has 1 amide bonds. The summed E-state index contributed by atoms with van der Waals surface area (Å²) in [7, 11) is 3.55. The molecule has 0 atom stereocenters. The Labute approximate surface area is 103 Å². The molecule has 6 nitrogen and oxygen atoms in total. The number of nitrogens with one attached hydrogen (secondary N) is 1. The smallest absolute Gasteiger partial charge is 0.324 e. The third-order valence-corrected chi connectivity index (χ3v) is 3.27. The van der Waals surface area contributed by atoms with Crippen LogP contribution < -0.4 is 5.32 Å². The van der Waals surface area contributed by atoms with Crippen molar-refractivity contribution in [3.8, 4) is 0 Å². The maximum Gasteiger partial charge on any atom is 0.324 e. The van der Waals surface area contributed by atoms with Gasteiger partial charge >= 0.3 is 5.00 Å². The fourth-order valence-corrected chi connectivity index (χ4v) is 2.14. The molecule has 7 heteroatoms. The van der Waals surface area contributed by atoms with E-state index in [1.165, 1.54) is 12.1 Å². The summed E-state index contributed by atoms with van der Waals surface area (Å²) in [5.41, 5.74) is 0. The first kappa shape index (κ1) is 13.6. The lowest BCUT2D eigenvalue weighted by Crippen LogP contribution is -2.28. The Morgan fingerprint density at radius 2 is 2.29 bits per heavy atom. The summed E-state index contributed by atoms with van der Waals surface area (Å²) in [5, 5.41) is 13.5. The number of hydrogen-bond donors (Lipinski definition) is 1. The van der Waals surface area contributed by atoms with E-state index < -0.39 is 4.92 Å². The Morgan fingerprint density at radius 1 is 1.59 bits per heavy atom. The van der Waals surface area contributed by atoms with Gasteiger partial charge < -0.3 is 10.2 Å². The highest BCUT2D eigenvalue weighted by Crippen LogP contribution is 2.24. The normalized spacial score (nSPS) is 10.2. The van der Waals surface area contributed by atoms with Crippen LogP contribution in [0.25, 0.3) is 0 Å². The predicted molar refractivity (Wildman–Crippen MR) is 66.5 cm³/mol. The number of thiophene rings is 1. The Balaban J connectivity index is 2.58. The number of carbonyl (C=O) groups excluding carboxylic acids is 1. The van der Waals surface area contributed by atoms with Gasteiger partial charge in [0.15, 0.2) is 0 Å². The molecule has 0 saturated heterocycles. The van der Waals surface area contributed by atoms with Crippen molar-refractivity contribution in [1.29, 1.82) is 0 Å². The van der Waals surface area contributed by atoms with Gasteiger partial charge in [0.05, 0.1) is 9.80 Å². The van der Waals surface area contributed by atoms with Gasteiger partial charge in [-0.3, -0.25) is 14.9 Å². The second kappa shape index (κ2) is 6.31. The van der Waals surface area contributed by atoms with E-state index in [0.29, 0.717) is 11.4 Å². The average Bonchev–Trinajstić information content (AvgIpc) is 2.77. The molecule has 0 aliphatic rings. The highest BCUT2D eigenvalue weighted by atomic mass is 32.1. The molecule has 0 spiro atoms. The zero-order valence-corrected chi connectivity index (χ0v) is 10.6. The molecule has 1 heterocycles. The average molecular weight is 257 g/mol. The highest BCUT2D eigenvalue weighted by Gasteiger charge is 2.17. The Kier molecular flexibility index (Phi) is 5.05. The molecule has 17 heavy (non-hydrogen) atoms. The van der Waals surface area contributed by atoms with Crippen LogP contribution in [0.2, 0.25) is 0 Å². The van der Waals surface area contributed by atoms with Crippen molar-refractivity contribution in [2.24, 2.45) is 0 Å². The van der Waals surface area contributed by atoms with Crippen molar-refractivity contribution in [3.05, 3.63) is 27.1 Å². The summed E-state index contributed by atoms with van der Waals surface area (Å²) in [6.45, 7) is 1.47. The third-order valence-electron chi connectivity index (χ3n) is 2.25. The molecule has 94 valence electrons. The van der Waals surface area contributed by atoms with Gasteiger partial charge in [-0.05, 0) is 26.1 Å². The second-order valence-electron chi connectivity index (χ2n) is 3.58. The molecular weight excluding hydrogens is 242 g/mol. The van der Waals surface area contributed by atoms with Gasteiger partial charge in [0, 0.05) is 19.7 Å². The predicted octanol–water partition coefficient (Wildman–Crippen LogP) is 1.34. The molecule has 1 aromatic rings. The van der Waals surface area contributed by atoms with Crippen LogP contribution in [-0.4, -0.2) is 42.9 Å². The van der Waals surface area contributed by atoms with Crippen LogP contribution in [0.3, 0.4) is 0 Å². The number of rotatable bonds is 6. The molecule has 0 radical (unpaired) electrons. The van der Waals surface area contributed by atoms with Crippen LogP contribution >= 0.6 is 11.3 Å². The SMILES string of the molecule is CNCCCN(C)C(=O)c1ccc([N+](=O)[O-])s1. The van der Waals surface area contributed by atoms with E-state index in [1.807, 2.05) is 7.05 Å². The van der Waals surface area contributed by atoms with E-state index in [0.717, 1.165) is 24.3 Å². The van der Waals surface area contributed by atoms with E-state index in [-0.39, 0.29) is 10.9 Å². The summed E-state index contributed by atoms with van der Waals surface area (Å²) in [6, 6.07) is 2.86. The zero-order valence-electron chi connectivity index (χ0n) is 9.80. The molecule has 0 aliphatic heterocycles. The summed E-state index contributed by atoms with van der Waals surface area (Å²) in [4.78, 5) is 23.9. The standard InChI is InChI=1S/C10H15N3O3S/c1-11-6-3-7-12(2)10(14)8-4-5-9(17-8)13(15)16/h4-5,11H,3,6-7H2,1-2H3. The van der Waals surface area contributed by atoms with Gasteiger partial charge in [-0.2, -0.15) is 0 Å². The third kappa shape index (κ3) is 3.79. The van der Waals surface area contributed by atoms with Gasteiger partial charge in [-0.25, -0.2) is 0 Å². The maximum atomic E-state index is 11.9. The first-order valence-electron chi connectivity index (χ1n) is 5.20. The first-order valence-corrected chi connectivity index (χ1v) is 6.02. The van der Waals surface area contributed by atoms with Gasteiger partial charge in [0.25, 0.3) is 5.91 Å². The van der Waals surface area contributed by atoms with E-state index in [2.05, 4.69) is 5.32 Å². The van der Waals surface area contributed by atoms with Gasteiger partial charge in [-0.1, -0.05) is 11.3 Å². The molecule has 1 N–H and O–H groups in total. The lowest BCUT2D eigenvalue weighted by Gasteiger charge is -2.15. The quantitative estimate of drug-likeness (QED) is 0.474. The van der Waals surface area contributed by atoms with Crippen LogP contribution in [0.4, 0.5) is 5.00 Å². The second-order valence-corrected chi connectivity index (χ2v) is 4.64. The number of nitrogens with zero attached hydrogens (tertiary/aromatic N) is 2. The molecular formula is C10H15N3O3S. The van der Waals surface area contributed by atoms with Crippen molar-refractivity contribution >= 4 is 22.2 Å². The van der Waals surface area contributed by atoms with Crippen LogP contribution in [0.5, 0.6) is 0 Å².